The van der Waals surface area contributed by atoms with Crippen molar-refractivity contribution in [2.24, 2.45) is 0 Å². The molecule has 2 N–H and O–H groups in total. The van der Waals surface area contributed by atoms with Crippen LogP contribution in [-0.2, 0) is 6.54 Å². The van der Waals surface area contributed by atoms with E-state index >= 15 is 0 Å². The van der Waals surface area contributed by atoms with Crippen LogP contribution in [0.2, 0.25) is 0 Å². The van der Waals surface area contributed by atoms with Crippen molar-refractivity contribution < 1.29 is 4.79 Å². The summed E-state index contributed by atoms with van der Waals surface area (Å²) in [6.45, 7) is 4.42. The Morgan fingerprint density at radius 3 is 2.70 bits per heavy atom. The van der Waals surface area contributed by atoms with E-state index in [1.165, 1.54) is 0 Å². The van der Waals surface area contributed by atoms with Crippen molar-refractivity contribution in [2.45, 2.75) is 20.4 Å². The van der Waals surface area contributed by atoms with Crippen LogP contribution in [0, 0.1) is 13.8 Å². The Morgan fingerprint density at radius 2 is 2.04 bits per heavy atom. The molecule has 6 heteroatoms. The van der Waals surface area contributed by atoms with Crippen molar-refractivity contribution in [1.29, 1.82) is 0 Å². The van der Waals surface area contributed by atoms with E-state index in [1.807, 2.05) is 48.9 Å². The average molecular weight is 373 g/mol. The van der Waals surface area contributed by atoms with Crippen LogP contribution < -0.4 is 5.32 Å². The van der Waals surface area contributed by atoms with Gasteiger partial charge in [0.25, 0.3) is 5.91 Å². The fourth-order valence-electron chi connectivity index (χ4n) is 2.51. The van der Waals surface area contributed by atoms with Gasteiger partial charge in [-0.05, 0) is 48.0 Å². The van der Waals surface area contributed by atoms with Crippen LogP contribution in [0.4, 0.5) is 0 Å². The summed E-state index contributed by atoms with van der Waals surface area (Å²) in [5.41, 5.74) is 4.52. The second-order valence-corrected chi connectivity index (χ2v) is 6.23. The van der Waals surface area contributed by atoms with Crippen LogP contribution in [0.25, 0.3) is 5.69 Å². The maximum absolute atomic E-state index is 12.1. The van der Waals surface area contributed by atoms with Gasteiger partial charge in [-0.3, -0.25) is 4.79 Å². The normalized spacial score (nSPS) is 10.7. The number of aromatic amines is 1. The molecule has 0 unspecified atom stereocenters. The van der Waals surface area contributed by atoms with Crippen molar-refractivity contribution >= 4 is 21.8 Å². The van der Waals surface area contributed by atoms with E-state index in [4.69, 9.17) is 0 Å². The van der Waals surface area contributed by atoms with Gasteiger partial charge in [-0.25, -0.2) is 4.68 Å². The predicted octanol–water partition coefficient (Wildman–Crippen LogP) is 3.51. The van der Waals surface area contributed by atoms with Crippen molar-refractivity contribution in [3.05, 3.63) is 69.7 Å². The predicted molar refractivity (Wildman–Crippen MR) is 92.7 cm³/mol. The molecule has 0 aliphatic rings. The minimum Gasteiger partial charge on any atom is -0.356 e. The first-order valence-electron chi connectivity index (χ1n) is 7.29. The van der Waals surface area contributed by atoms with E-state index in [2.05, 4.69) is 31.3 Å². The van der Waals surface area contributed by atoms with Gasteiger partial charge in [0.05, 0.1) is 11.4 Å². The number of amides is 1. The largest absolute Gasteiger partial charge is 0.356 e. The molecule has 0 radical (unpaired) electrons. The number of hydrogen-bond acceptors (Lipinski definition) is 2. The third-order valence-corrected chi connectivity index (χ3v) is 4.22. The smallest absolute Gasteiger partial charge is 0.268 e. The highest BCUT2D eigenvalue weighted by Gasteiger charge is 2.14. The molecule has 0 saturated carbocycles. The molecule has 3 rings (SSSR count). The second-order valence-electron chi connectivity index (χ2n) is 5.31. The molecule has 5 nitrogen and oxygen atoms in total. The number of benzene rings is 1. The van der Waals surface area contributed by atoms with E-state index in [0.717, 1.165) is 27.1 Å². The minimum absolute atomic E-state index is 0.137. The van der Waals surface area contributed by atoms with Crippen molar-refractivity contribution in [1.82, 2.24) is 20.1 Å². The van der Waals surface area contributed by atoms with E-state index in [-0.39, 0.29) is 5.91 Å². The molecule has 23 heavy (non-hydrogen) atoms. The van der Waals surface area contributed by atoms with Gasteiger partial charge in [0.15, 0.2) is 0 Å². The summed E-state index contributed by atoms with van der Waals surface area (Å²) in [6, 6.07) is 11.7. The highest BCUT2D eigenvalue weighted by molar-refractivity contribution is 9.10. The van der Waals surface area contributed by atoms with E-state index in [9.17, 15) is 4.79 Å². The van der Waals surface area contributed by atoms with Gasteiger partial charge in [0.1, 0.15) is 5.69 Å². The number of hydrogen-bond donors (Lipinski definition) is 2. The lowest BCUT2D eigenvalue weighted by molar-refractivity contribution is 0.0946. The van der Waals surface area contributed by atoms with Crippen LogP contribution >= 0.6 is 15.9 Å². The Morgan fingerprint density at radius 1 is 1.30 bits per heavy atom. The molecule has 0 saturated heterocycles. The minimum atomic E-state index is -0.137. The Hall–Kier alpha value is -2.34. The molecule has 0 bridgehead atoms. The zero-order valence-electron chi connectivity index (χ0n) is 12.9. The number of aromatic nitrogens is 3. The first-order valence-corrected chi connectivity index (χ1v) is 8.08. The Bertz CT molecular complexity index is 836. The molecule has 118 valence electrons. The number of halogens is 1. The van der Waals surface area contributed by atoms with Crippen LogP contribution in [0.15, 0.2) is 47.1 Å². The Kier molecular flexibility index (Phi) is 4.34. The van der Waals surface area contributed by atoms with Crippen LogP contribution in [-0.4, -0.2) is 20.7 Å². The summed E-state index contributed by atoms with van der Waals surface area (Å²) in [6.07, 6.45) is 1.73. The number of para-hydroxylation sites is 1. The van der Waals surface area contributed by atoms with E-state index < -0.39 is 0 Å². The maximum atomic E-state index is 12.1. The van der Waals surface area contributed by atoms with Crippen molar-refractivity contribution in [3.63, 3.8) is 0 Å². The molecular formula is C17H17BrN4O. The maximum Gasteiger partial charge on any atom is 0.268 e. The quantitative estimate of drug-likeness (QED) is 0.735. The molecule has 0 aliphatic heterocycles. The molecule has 2 heterocycles. The zero-order valence-corrected chi connectivity index (χ0v) is 14.5. The number of rotatable bonds is 4. The van der Waals surface area contributed by atoms with Gasteiger partial charge < -0.3 is 10.3 Å². The van der Waals surface area contributed by atoms with Gasteiger partial charge in [0.2, 0.25) is 0 Å². The highest BCUT2D eigenvalue weighted by Crippen LogP contribution is 2.18. The fraction of sp³-hybridized carbons (Fsp3) is 0.176. The number of nitrogens with zero attached hydrogens (tertiary/aromatic N) is 2. The van der Waals surface area contributed by atoms with Crippen LogP contribution in [0.5, 0.6) is 0 Å². The van der Waals surface area contributed by atoms with Gasteiger partial charge in [-0.1, -0.05) is 18.2 Å². The SMILES string of the molecule is Cc1nn(-c2ccccc2)c(C)c1CNC(=O)c1cc(Br)c[nH]1. The molecule has 0 aliphatic carbocycles. The Balaban J connectivity index is 1.79. The van der Waals surface area contributed by atoms with Crippen molar-refractivity contribution in [2.75, 3.05) is 0 Å². The number of carbonyl (C=O) groups excluding carboxylic acids is 1. The lowest BCUT2D eigenvalue weighted by Crippen LogP contribution is -2.23. The molecular weight excluding hydrogens is 356 g/mol. The summed E-state index contributed by atoms with van der Waals surface area (Å²) in [4.78, 5) is 15.1. The van der Waals surface area contributed by atoms with Crippen molar-refractivity contribution in [3.8, 4) is 5.69 Å². The lowest BCUT2D eigenvalue weighted by atomic mass is 10.2. The molecule has 1 aromatic carbocycles. The number of nitrogens with one attached hydrogen (secondary N) is 2. The highest BCUT2D eigenvalue weighted by atomic mass is 79.9. The third kappa shape index (κ3) is 3.22. The second kappa shape index (κ2) is 6.42. The number of H-pyrrole nitrogens is 1. The first kappa shape index (κ1) is 15.6. The third-order valence-electron chi connectivity index (χ3n) is 3.76. The Labute approximate surface area is 142 Å². The number of carbonyl (C=O) groups is 1. The molecule has 1 amide bonds. The monoisotopic (exact) mass is 372 g/mol. The summed E-state index contributed by atoms with van der Waals surface area (Å²) in [7, 11) is 0. The molecule has 0 atom stereocenters. The van der Waals surface area contributed by atoms with Gasteiger partial charge in [0, 0.05) is 28.5 Å². The first-order chi connectivity index (χ1) is 11.1. The van der Waals surface area contributed by atoms with Gasteiger partial charge in [-0.15, -0.1) is 0 Å². The zero-order chi connectivity index (χ0) is 16.4. The van der Waals surface area contributed by atoms with Gasteiger partial charge >= 0.3 is 0 Å². The van der Waals surface area contributed by atoms with E-state index in [0.29, 0.717) is 12.2 Å². The van der Waals surface area contributed by atoms with Crippen LogP contribution in [0.3, 0.4) is 0 Å². The average Bonchev–Trinajstić information content (AvgIpc) is 3.10. The van der Waals surface area contributed by atoms with Gasteiger partial charge in [-0.2, -0.15) is 5.10 Å². The lowest BCUT2D eigenvalue weighted by Gasteiger charge is -2.06. The summed E-state index contributed by atoms with van der Waals surface area (Å²) in [5, 5.41) is 7.52. The molecule has 0 fully saturated rings. The number of aryl methyl sites for hydroxylation is 1. The van der Waals surface area contributed by atoms with Crippen LogP contribution in [0.1, 0.15) is 27.4 Å². The molecule has 2 aromatic heterocycles. The fourth-order valence-corrected chi connectivity index (χ4v) is 2.86. The van der Waals surface area contributed by atoms with E-state index in [1.54, 1.807) is 12.3 Å². The topological polar surface area (TPSA) is 62.7 Å². The molecule has 0 spiro atoms. The summed E-state index contributed by atoms with van der Waals surface area (Å²) < 4.78 is 2.76. The molecule has 3 aromatic rings. The summed E-state index contributed by atoms with van der Waals surface area (Å²) in [5.74, 6) is -0.137. The standard InChI is InChI=1S/C17H17BrN4O/c1-11-15(10-20-17(23)16-8-13(18)9-19-16)12(2)22(21-11)14-6-4-3-5-7-14/h3-9,19H,10H2,1-2H3,(H,20,23). The summed E-state index contributed by atoms with van der Waals surface area (Å²) >= 11 is 3.32.